The summed E-state index contributed by atoms with van der Waals surface area (Å²) in [6.07, 6.45) is 2.81. The van der Waals surface area contributed by atoms with Gasteiger partial charge in [0.2, 0.25) is 0 Å². The molecule has 0 fully saturated rings. The smallest absolute Gasteiger partial charge is 0.342 e. The summed E-state index contributed by atoms with van der Waals surface area (Å²) in [7, 11) is 0. The average Bonchev–Trinajstić information content (AvgIpc) is 2.49. The minimum absolute atomic E-state index is 0.151. The molecule has 6 heteroatoms. The van der Waals surface area contributed by atoms with Crippen LogP contribution in [-0.4, -0.2) is 30.0 Å². The molecule has 20 heavy (non-hydrogen) atoms. The van der Waals surface area contributed by atoms with Gasteiger partial charge in [0.1, 0.15) is 0 Å². The van der Waals surface area contributed by atoms with Gasteiger partial charge in [-0.25, -0.2) is 4.79 Å². The van der Waals surface area contributed by atoms with Crippen molar-refractivity contribution in [2.75, 3.05) is 6.54 Å². The summed E-state index contributed by atoms with van der Waals surface area (Å²) in [4.78, 5) is 36.8. The van der Waals surface area contributed by atoms with E-state index in [0.717, 1.165) is 6.42 Å². The highest BCUT2D eigenvalue weighted by molar-refractivity contribution is 6.01. The number of benzene rings is 1. The lowest BCUT2D eigenvalue weighted by Gasteiger charge is -2.06. The molecule has 1 aromatic rings. The second-order valence-electron chi connectivity index (χ2n) is 4.23. The van der Waals surface area contributed by atoms with Crippen molar-refractivity contribution in [3.8, 4) is 0 Å². The lowest BCUT2D eigenvalue weighted by Crippen LogP contribution is -2.25. The molecule has 1 rings (SSSR count). The van der Waals surface area contributed by atoms with Gasteiger partial charge in [0, 0.05) is 24.1 Å². The molecule has 2 N–H and O–H groups in total. The second-order valence-corrected chi connectivity index (χ2v) is 4.23. The molecule has 0 saturated carbocycles. The lowest BCUT2D eigenvalue weighted by molar-refractivity contribution is -0.234. The first kappa shape index (κ1) is 15.8. The number of unbranched alkanes of at least 4 members (excludes halogenated alkanes) is 2. The minimum atomic E-state index is -0.658. The van der Waals surface area contributed by atoms with Crippen molar-refractivity contribution < 1.29 is 24.5 Å². The molecule has 0 aromatic heterocycles. The van der Waals surface area contributed by atoms with Crippen LogP contribution in [0.3, 0.4) is 0 Å². The highest BCUT2D eigenvalue weighted by Crippen LogP contribution is 2.06. The summed E-state index contributed by atoms with van der Waals surface area (Å²) in [5.41, 5.74) is 0.710. The highest BCUT2D eigenvalue weighted by atomic mass is 17.1. The fourth-order valence-corrected chi connectivity index (χ4v) is 1.72. The SMILES string of the molecule is O=Cc1ccccc1C(=O)NCCCCCC(=O)OO. The molecular weight excluding hydrogens is 262 g/mol. The highest BCUT2D eigenvalue weighted by Gasteiger charge is 2.09. The molecule has 108 valence electrons. The van der Waals surface area contributed by atoms with Crippen molar-refractivity contribution in [2.24, 2.45) is 0 Å². The van der Waals surface area contributed by atoms with Crippen molar-refractivity contribution in [3.05, 3.63) is 35.4 Å². The van der Waals surface area contributed by atoms with Crippen LogP contribution in [0.4, 0.5) is 0 Å². The second kappa shape index (κ2) is 8.82. The van der Waals surface area contributed by atoms with Crippen LogP contribution < -0.4 is 5.32 Å². The summed E-state index contributed by atoms with van der Waals surface area (Å²) in [5, 5.41) is 10.8. The molecule has 0 atom stereocenters. The molecule has 0 heterocycles. The van der Waals surface area contributed by atoms with Gasteiger partial charge in [0.15, 0.2) is 6.29 Å². The predicted molar refractivity (Wildman–Crippen MR) is 71.4 cm³/mol. The van der Waals surface area contributed by atoms with Gasteiger partial charge in [-0.2, -0.15) is 5.26 Å². The zero-order valence-electron chi connectivity index (χ0n) is 11.0. The van der Waals surface area contributed by atoms with Crippen LogP contribution in [0.15, 0.2) is 24.3 Å². The van der Waals surface area contributed by atoms with E-state index >= 15 is 0 Å². The molecule has 0 bridgehead atoms. The van der Waals surface area contributed by atoms with Gasteiger partial charge < -0.3 is 10.2 Å². The van der Waals surface area contributed by atoms with E-state index in [4.69, 9.17) is 5.26 Å². The Labute approximate surface area is 116 Å². The monoisotopic (exact) mass is 279 g/mol. The Bertz CT molecular complexity index is 472. The third-order valence-corrected chi connectivity index (χ3v) is 2.78. The predicted octanol–water partition coefficient (Wildman–Crippen LogP) is 1.81. The number of nitrogens with one attached hydrogen (secondary N) is 1. The molecule has 0 saturated heterocycles. The zero-order chi connectivity index (χ0) is 14.8. The van der Waals surface area contributed by atoms with Crippen molar-refractivity contribution in [1.29, 1.82) is 0 Å². The Balaban J connectivity index is 2.27. The normalized spacial score (nSPS) is 9.85. The summed E-state index contributed by atoms with van der Waals surface area (Å²) in [5.74, 6) is -0.948. The van der Waals surface area contributed by atoms with E-state index in [1.54, 1.807) is 24.3 Å². The number of hydrogen-bond donors (Lipinski definition) is 2. The Morgan fingerprint density at radius 2 is 1.95 bits per heavy atom. The molecule has 1 amide bonds. The van der Waals surface area contributed by atoms with E-state index in [-0.39, 0.29) is 12.3 Å². The van der Waals surface area contributed by atoms with Crippen LogP contribution in [0.25, 0.3) is 0 Å². The van der Waals surface area contributed by atoms with Gasteiger partial charge in [-0.3, -0.25) is 9.59 Å². The molecule has 0 aliphatic rings. The Hall–Kier alpha value is -2.21. The summed E-state index contributed by atoms with van der Waals surface area (Å²) in [6.45, 7) is 0.459. The largest absolute Gasteiger partial charge is 0.352 e. The average molecular weight is 279 g/mol. The molecule has 0 unspecified atom stereocenters. The lowest BCUT2D eigenvalue weighted by atomic mass is 10.1. The number of carbonyl (C=O) groups excluding carboxylic acids is 3. The first-order valence-corrected chi connectivity index (χ1v) is 6.35. The molecule has 6 nitrogen and oxygen atoms in total. The van der Waals surface area contributed by atoms with E-state index in [0.29, 0.717) is 36.8 Å². The molecule has 0 aliphatic carbocycles. The van der Waals surface area contributed by atoms with Crippen LogP contribution in [0.2, 0.25) is 0 Å². The topological polar surface area (TPSA) is 92.7 Å². The van der Waals surface area contributed by atoms with E-state index in [1.165, 1.54) is 0 Å². The first-order chi connectivity index (χ1) is 9.69. The zero-order valence-corrected chi connectivity index (χ0v) is 11.0. The standard InChI is InChI=1S/C14H17NO5/c16-10-11-6-3-4-7-12(11)14(18)15-9-5-1-2-8-13(17)20-19/h3-4,6-7,10,19H,1-2,5,8-9H2,(H,15,18). The molecule has 0 spiro atoms. The van der Waals surface area contributed by atoms with Gasteiger partial charge in [0.25, 0.3) is 5.91 Å². The maximum Gasteiger partial charge on any atom is 0.342 e. The van der Waals surface area contributed by atoms with Crippen molar-refractivity contribution in [2.45, 2.75) is 25.7 Å². The van der Waals surface area contributed by atoms with Crippen LogP contribution >= 0.6 is 0 Å². The van der Waals surface area contributed by atoms with Crippen LogP contribution in [0.1, 0.15) is 46.4 Å². The summed E-state index contributed by atoms with van der Waals surface area (Å²) in [6, 6.07) is 6.57. The Morgan fingerprint density at radius 1 is 1.20 bits per heavy atom. The third-order valence-electron chi connectivity index (χ3n) is 2.78. The number of hydrogen-bond acceptors (Lipinski definition) is 5. The number of rotatable bonds is 8. The minimum Gasteiger partial charge on any atom is -0.352 e. The van der Waals surface area contributed by atoms with Crippen LogP contribution in [0.5, 0.6) is 0 Å². The van der Waals surface area contributed by atoms with Crippen molar-refractivity contribution in [1.82, 2.24) is 5.32 Å². The van der Waals surface area contributed by atoms with Gasteiger partial charge in [-0.1, -0.05) is 24.6 Å². The maximum atomic E-state index is 11.8. The number of carbonyl (C=O) groups is 3. The number of aldehydes is 1. The molecule has 1 aromatic carbocycles. The van der Waals surface area contributed by atoms with Gasteiger partial charge >= 0.3 is 5.97 Å². The fraction of sp³-hybridized carbons (Fsp3) is 0.357. The van der Waals surface area contributed by atoms with Crippen LogP contribution in [-0.2, 0) is 9.68 Å². The van der Waals surface area contributed by atoms with E-state index in [9.17, 15) is 14.4 Å². The third kappa shape index (κ3) is 5.19. The van der Waals surface area contributed by atoms with E-state index in [1.807, 2.05) is 0 Å². The molecule has 0 aliphatic heterocycles. The fourth-order valence-electron chi connectivity index (χ4n) is 1.72. The van der Waals surface area contributed by atoms with Crippen molar-refractivity contribution >= 4 is 18.2 Å². The van der Waals surface area contributed by atoms with Crippen molar-refractivity contribution in [3.63, 3.8) is 0 Å². The molecular formula is C14H17NO5. The number of amides is 1. The van der Waals surface area contributed by atoms with E-state index < -0.39 is 5.97 Å². The Morgan fingerprint density at radius 3 is 2.65 bits per heavy atom. The summed E-state index contributed by atoms with van der Waals surface area (Å²) < 4.78 is 0. The van der Waals surface area contributed by atoms with Gasteiger partial charge in [-0.15, -0.1) is 0 Å². The summed E-state index contributed by atoms with van der Waals surface area (Å²) >= 11 is 0. The first-order valence-electron chi connectivity index (χ1n) is 6.35. The van der Waals surface area contributed by atoms with Gasteiger partial charge in [-0.05, 0) is 18.9 Å². The van der Waals surface area contributed by atoms with Crippen LogP contribution in [0, 0.1) is 0 Å². The quantitative estimate of drug-likeness (QED) is 0.327. The van der Waals surface area contributed by atoms with Gasteiger partial charge in [0.05, 0.1) is 0 Å². The Kier molecular flexibility index (Phi) is 6.99. The van der Waals surface area contributed by atoms with E-state index in [2.05, 4.69) is 10.2 Å². The maximum absolute atomic E-state index is 11.8. The molecule has 0 radical (unpaired) electrons.